The number of nitriles is 1. The van der Waals surface area contributed by atoms with Crippen LogP contribution in [0, 0.1) is 17.9 Å². The number of aromatic amines is 1. The molecule has 24 heavy (non-hydrogen) atoms. The molecule has 0 fully saturated rings. The molecule has 1 N–H and O–H groups in total. The SMILES string of the molecule is [C-]#[N+]c1c(-c2cccs2)nc(SCc2cccc(C#N)c2)[nH]c1=O. The molecule has 5 nitrogen and oxygen atoms in total. The van der Waals surface area contributed by atoms with Crippen molar-refractivity contribution in [3.63, 3.8) is 0 Å². The molecule has 0 amide bonds. The van der Waals surface area contributed by atoms with Crippen LogP contribution in [0.25, 0.3) is 15.4 Å². The second-order valence-corrected chi connectivity index (χ2v) is 6.67. The van der Waals surface area contributed by atoms with Gasteiger partial charge in [0.1, 0.15) is 0 Å². The van der Waals surface area contributed by atoms with Crippen molar-refractivity contribution >= 4 is 28.8 Å². The zero-order valence-electron chi connectivity index (χ0n) is 12.3. The molecule has 0 bridgehead atoms. The zero-order valence-corrected chi connectivity index (χ0v) is 13.9. The van der Waals surface area contributed by atoms with Gasteiger partial charge in [-0.25, -0.2) is 9.83 Å². The third-order valence-electron chi connectivity index (χ3n) is 3.17. The van der Waals surface area contributed by atoms with E-state index in [0.717, 1.165) is 10.4 Å². The summed E-state index contributed by atoms with van der Waals surface area (Å²) < 4.78 is 0. The predicted molar refractivity (Wildman–Crippen MR) is 95.2 cm³/mol. The Balaban J connectivity index is 1.91. The molecule has 0 aliphatic rings. The molecule has 2 heterocycles. The Hall–Kier alpha value is -2.87. The van der Waals surface area contributed by atoms with Crippen LogP contribution in [-0.4, -0.2) is 9.97 Å². The molecule has 1 aromatic carbocycles. The number of rotatable bonds is 4. The van der Waals surface area contributed by atoms with E-state index in [0.29, 0.717) is 22.2 Å². The molecule has 7 heteroatoms. The van der Waals surface area contributed by atoms with Crippen LogP contribution in [0.3, 0.4) is 0 Å². The van der Waals surface area contributed by atoms with Crippen LogP contribution in [0.2, 0.25) is 0 Å². The van der Waals surface area contributed by atoms with Gasteiger partial charge in [0, 0.05) is 10.6 Å². The molecule has 116 valence electrons. The van der Waals surface area contributed by atoms with E-state index in [2.05, 4.69) is 20.9 Å². The number of nitrogens with zero attached hydrogens (tertiary/aromatic N) is 3. The first-order valence-corrected chi connectivity index (χ1v) is 8.75. The second-order valence-electron chi connectivity index (χ2n) is 4.76. The van der Waals surface area contributed by atoms with Crippen molar-refractivity contribution in [2.75, 3.05) is 0 Å². The third-order valence-corrected chi connectivity index (χ3v) is 4.99. The highest BCUT2D eigenvalue weighted by molar-refractivity contribution is 7.98. The minimum atomic E-state index is -0.434. The summed E-state index contributed by atoms with van der Waals surface area (Å²) in [6.07, 6.45) is 0. The van der Waals surface area contributed by atoms with E-state index >= 15 is 0 Å². The van der Waals surface area contributed by atoms with Crippen molar-refractivity contribution in [1.29, 1.82) is 5.26 Å². The van der Waals surface area contributed by atoms with Crippen LogP contribution < -0.4 is 5.56 Å². The van der Waals surface area contributed by atoms with Crippen molar-refractivity contribution in [3.8, 4) is 16.6 Å². The van der Waals surface area contributed by atoms with E-state index in [4.69, 9.17) is 11.8 Å². The van der Waals surface area contributed by atoms with Crippen LogP contribution >= 0.6 is 23.1 Å². The fourth-order valence-electron chi connectivity index (χ4n) is 2.09. The molecule has 0 aliphatic heterocycles. The minimum absolute atomic E-state index is 0.00766. The average Bonchev–Trinajstić information content (AvgIpc) is 3.14. The number of nitrogens with one attached hydrogen (secondary N) is 1. The standard InChI is InChI=1S/C17H10N4OS2/c1-19-15-14(13-6-3-7-23-13)20-17(21-16(15)22)24-10-12-5-2-4-11(8-12)9-18/h2-8H,10H2,(H,20,21,22). The number of thioether (sulfide) groups is 1. The van der Waals surface area contributed by atoms with Crippen molar-refractivity contribution in [2.24, 2.45) is 0 Å². The van der Waals surface area contributed by atoms with E-state index < -0.39 is 5.56 Å². The fraction of sp³-hybridized carbons (Fsp3) is 0.0588. The lowest BCUT2D eigenvalue weighted by molar-refractivity contribution is 0.950. The van der Waals surface area contributed by atoms with Gasteiger partial charge in [0.05, 0.1) is 23.9 Å². The highest BCUT2D eigenvalue weighted by Crippen LogP contribution is 2.31. The first-order valence-electron chi connectivity index (χ1n) is 6.89. The van der Waals surface area contributed by atoms with Crippen molar-refractivity contribution in [3.05, 3.63) is 74.7 Å². The van der Waals surface area contributed by atoms with E-state index in [1.807, 2.05) is 29.6 Å². The Morgan fingerprint density at radius 3 is 2.96 bits per heavy atom. The van der Waals surface area contributed by atoms with Gasteiger partial charge in [0.15, 0.2) is 5.16 Å². The summed E-state index contributed by atoms with van der Waals surface area (Å²) in [5, 5.41) is 11.3. The van der Waals surface area contributed by atoms with E-state index in [1.54, 1.807) is 12.1 Å². The van der Waals surface area contributed by atoms with Gasteiger partial charge in [0.2, 0.25) is 0 Å². The van der Waals surface area contributed by atoms with Crippen LogP contribution in [0.15, 0.2) is 51.7 Å². The van der Waals surface area contributed by atoms with E-state index in [1.165, 1.54) is 23.1 Å². The van der Waals surface area contributed by atoms with Gasteiger partial charge in [-0.3, -0.25) is 4.79 Å². The number of thiophene rings is 1. The van der Waals surface area contributed by atoms with Gasteiger partial charge in [-0.05, 0) is 29.1 Å². The monoisotopic (exact) mass is 350 g/mol. The quantitative estimate of drug-likeness (QED) is 0.434. The topological polar surface area (TPSA) is 73.9 Å². The van der Waals surface area contributed by atoms with Gasteiger partial charge in [0.25, 0.3) is 11.2 Å². The Labute approximate surface area is 146 Å². The van der Waals surface area contributed by atoms with Gasteiger partial charge in [-0.2, -0.15) is 5.26 Å². The van der Waals surface area contributed by atoms with Gasteiger partial charge >= 0.3 is 0 Å². The minimum Gasteiger partial charge on any atom is -0.311 e. The van der Waals surface area contributed by atoms with Crippen LogP contribution in [0.5, 0.6) is 0 Å². The number of H-pyrrole nitrogens is 1. The average molecular weight is 350 g/mol. The Kier molecular flexibility index (Phi) is 4.76. The highest BCUT2D eigenvalue weighted by atomic mass is 32.2. The van der Waals surface area contributed by atoms with Gasteiger partial charge in [-0.15, -0.1) is 11.3 Å². The Morgan fingerprint density at radius 1 is 1.38 bits per heavy atom. The number of hydrogen-bond acceptors (Lipinski definition) is 5. The molecular formula is C17H10N4OS2. The number of aromatic nitrogens is 2. The maximum Gasteiger partial charge on any atom is 0.276 e. The van der Waals surface area contributed by atoms with Gasteiger partial charge < -0.3 is 4.98 Å². The normalized spacial score (nSPS) is 10.1. The highest BCUT2D eigenvalue weighted by Gasteiger charge is 2.14. The van der Waals surface area contributed by atoms with E-state index in [-0.39, 0.29) is 5.69 Å². The maximum atomic E-state index is 12.1. The summed E-state index contributed by atoms with van der Waals surface area (Å²) in [4.78, 5) is 23.3. The Bertz CT molecular complexity index is 1010. The summed E-state index contributed by atoms with van der Waals surface area (Å²) >= 11 is 2.80. The number of hydrogen-bond donors (Lipinski definition) is 1. The maximum absolute atomic E-state index is 12.1. The lowest BCUT2D eigenvalue weighted by atomic mass is 10.2. The first kappa shape index (κ1) is 16.0. The second kappa shape index (κ2) is 7.14. The molecule has 0 unspecified atom stereocenters. The fourth-order valence-corrected chi connectivity index (χ4v) is 3.60. The molecule has 0 aliphatic carbocycles. The first-order chi connectivity index (χ1) is 11.7. The molecule has 0 atom stereocenters. The van der Waals surface area contributed by atoms with Gasteiger partial charge in [-0.1, -0.05) is 30.0 Å². The molecule has 2 aromatic heterocycles. The Morgan fingerprint density at radius 2 is 2.25 bits per heavy atom. The molecule has 3 aromatic rings. The molecule has 0 radical (unpaired) electrons. The molecule has 0 saturated carbocycles. The predicted octanol–water partition coefficient (Wildman–Crippen LogP) is 4.21. The molecular weight excluding hydrogens is 340 g/mol. The van der Waals surface area contributed by atoms with Crippen molar-refractivity contribution in [1.82, 2.24) is 9.97 Å². The largest absolute Gasteiger partial charge is 0.311 e. The third kappa shape index (κ3) is 3.38. The summed E-state index contributed by atoms with van der Waals surface area (Å²) in [5.74, 6) is 0.569. The smallest absolute Gasteiger partial charge is 0.276 e. The summed E-state index contributed by atoms with van der Waals surface area (Å²) in [6, 6.07) is 13.1. The van der Waals surface area contributed by atoms with E-state index in [9.17, 15) is 4.79 Å². The zero-order chi connectivity index (χ0) is 16.9. The summed E-state index contributed by atoms with van der Waals surface area (Å²) in [6.45, 7) is 7.21. The molecule has 3 rings (SSSR count). The number of benzene rings is 1. The van der Waals surface area contributed by atoms with Crippen LogP contribution in [0.4, 0.5) is 5.69 Å². The molecule has 0 saturated heterocycles. The lowest BCUT2D eigenvalue weighted by Gasteiger charge is -2.05. The van der Waals surface area contributed by atoms with Crippen LogP contribution in [-0.2, 0) is 5.75 Å². The molecule has 0 spiro atoms. The van der Waals surface area contributed by atoms with Crippen LogP contribution in [0.1, 0.15) is 11.1 Å². The van der Waals surface area contributed by atoms with Crippen molar-refractivity contribution in [2.45, 2.75) is 10.9 Å². The summed E-state index contributed by atoms with van der Waals surface area (Å²) in [5.41, 5.74) is 1.55. The summed E-state index contributed by atoms with van der Waals surface area (Å²) in [7, 11) is 0. The lowest BCUT2D eigenvalue weighted by Crippen LogP contribution is -2.09. The van der Waals surface area contributed by atoms with Crippen molar-refractivity contribution < 1.29 is 0 Å².